The van der Waals surface area contributed by atoms with Crippen LogP contribution < -0.4 is 5.73 Å². The average molecular weight is 287 g/mol. The normalized spacial score (nSPS) is 19.5. The Kier molecular flexibility index (Phi) is 4.12. The second-order valence-electron chi connectivity index (χ2n) is 5.62. The summed E-state index contributed by atoms with van der Waals surface area (Å²) in [6, 6.07) is 3.46. The fourth-order valence-electron chi connectivity index (χ4n) is 2.84. The number of benzene rings is 1. The van der Waals surface area contributed by atoms with Crippen LogP contribution >= 0.6 is 0 Å². The van der Waals surface area contributed by atoms with Crippen LogP contribution in [0.3, 0.4) is 0 Å². The molecule has 1 aromatic rings. The molecule has 1 unspecified atom stereocenters. The second-order valence-corrected chi connectivity index (χ2v) is 5.62. The Morgan fingerprint density at radius 3 is 2.40 bits per heavy atom. The van der Waals surface area contributed by atoms with Gasteiger partial charge in [-0.05, 0) is 55.9 Å². The van der Waals surface area contributed by atoms with Crippen molar-refractivity contribution < 1.29 is 17.9 Å². The summed E-state index contributed by atoms with van der Waals surface area (Å²) in [6.45, 7) is 1.67. The molecule has 0 spiro atoms. The number of hydrogen-bond acceptors (Lipinski definition) is 2. The lowest BCUT2D eigenvalue weighted by atomic mass is 9.74. The van der Waals surface area contributed by atoms with Gasteiger partial charge in [-0.3, -0.25) is 0 Å². The van der Waals surface area contributed by atoms with Crippen LogP contribution in [0.5, 0.6) is 0 Å². The number of halogens is 3. The van der Waals surface area contributed by atoms with Crippen molar-refractivity contribution in [2.24, 2.45) is 5.73 Å². The Balaban J connectivity index is 2.16. The second kappa shape index (κ2) is 5.37. The average Bonchev–Trinajstić information content (AvgIpc) is 2.32. The Bertz CT molecular complexity index is 475. The van der Waals surface area contributed by atoms with Gasteiger partial charge in [0.2, 0.25) is 0 Å². The van der Waals surface area contributed by atoms with Gasteiger partial charge in [-0.1, -0.05) is 6.07 Å². The quantitative estimate of drug-likeness (QED) is 0.909. The Hall–Kier alpha value is -1.07. The number of rotatable bonds is 4. The van der Waals surface area contributed by atoms with Crippen molar-refractivity contribution in [2.45, 2.75) is 50.4 Å². The summed E-state index contributed by atoms with van der Waals surface area (Å²) in [5, 5.41) is 0. The highest BCUT2D eigenvalue weighted by Crippen LogP contribution is 2.42. The molecule has 5 heteroatoms. The number of alkyl halides is 3. The predicted octanol–water partition coefficient (Wildman–Crippen LogP) is 3.97. The first kappa shape index (κ1) is 15.3. The minimum atomic E-state index is -4.31. The molecule has 1 aliphatic carbocycles. The summed E-state index contributed by atoms with van der Waals surface area (Å²) in [6.07, 6.45) is -0.606. The molecule has 0 aromatic heterocycles. The topological polar surface area (TPSA) is 35.2 Å². The molecule has 2 rings (SSSR count). The summed E-state index contributed by atoms with van der Waals surface area (Å²) in [5.74, 6) is 0. The minimum absolute atomic E-state index is 0.186. The highest BCUT2D eigenvalue weighted by molar-refractivity contribution is 5.34. The van der Waals surface area contributed by atoms with Crippen LogP contribution in [0.25, 0.3) is 0 Å². The minimum Gasteiger partial charge on any atom is -0.378 e. The van der Waals surface area contributed by atoms with Gasteiger partial charge < -0.3 is 10.5 Å². The van der Waals surface area contributed by atoms with Crippen molar-refractivity contribution in [1.82, 2.24) is 0 Å². The molecule has 0 bridgehead atoms. The summed E-state index contributed by atoms with van der Waals surface area (Å²) in [4.78, 5) is 0. The van der Waals surface area contributed by atoms with Crippen molar-refractivity contribution >= 4 is 0 Å². The fourth-order valence-corrected chi connectivity index (χ4v) is 2.84. The van der Waals surface area contributed by atoms with E-state index in [4.69, 9.17) is 10.5 Å². The van der Waals surface area contributed by atoms with E-state index in [1.165, 1.54) is 6.07 Å². The van der Waals surface area contributed by atoms with E-state index in [1.807, 2.05) is 0 Å². The number of methoxy groups -OCH3 is 1. The van der Waals surface area contributed by atoms with Crippen LogP contribution in [-0.4, -0.2) is 12.7 Å². The molecule has 2 nitrogen and oxygen atoms in total. The number of nitrogens with two attached hydrogens (primary N) is 1. The SMILES string of the molecule is COC1(CC(N)c2ccc(C(F)(F)F)cc2C)CCC1. The van der Waals surface area contributed by atoms with E-state index in [2.05, 4.69) is 0 Å². The Morgan fingerprint density at radius 2 is 2.00 bits per heavy atom. The number of aryl methyl sites for hydroxylation is 1. The molecule has 0 radical (unpaired) electrons. The van der Waals surface area contributed by atoms with Crippen molar-refractivity contribution in [2.75, 3.05) is 7.11 Å². The van der Waals surface area contributed by atoms with Crippen molar-refractivity contribution in [3.05, 3.63) is 34.9 Å². The molecule has 112 valence electrons. The van der Waals surface area contributed by atoms with Crippen LogP contribution in [0.15, 0.2) is 18.2 Å². The zero-order valence-corrected chi connectivity index (χ0v) is 11.8. The highest BCUT2D eigenvalue weighted by Gasteiger charge is 2.39. The number of ether oxygens (including phenoxy) is 1. The van der Waals surface area contributed by atoms with Gasteiger partial charge in [0.05, 0.1) is 11.2 Å². The van der Waals surface area contributed by atoms with Crippen LogP contribution in [-0.2, 0) is 10.9 Å². The molecule has 1 aliphatic rings. The van der Waals surface area contributed by atoms with Gasteiger partial charge >= 0.3 is 6.18 Å². The first-order valence-electron chi connectivity index (χ1n) is 6.76. The predicted molar refractivity (Wildman–Crippen MR) is 71.3 cm³/mol. The zero-order chi connectivity index (χ0) is 15.0. The van der Waals surface area contributed by atoms with E-state index in [-0.39, 0.29) is 11.6 Å². The molecule has 1 fully saturated rings. The largest absolute Gasteiger partial charge is 0.416 e. The maximum atomic E-state index is 12.6. The maximum absolute atomic E-state index is 12.6. The molecule has 1 aromatic carbocycles. The van der Waals surface area contributed by atoms with E-state index in [0.29, 0.717) is 12.0 Å². The van der Waals surface area contributed by atoms with E-state index < -0.39 is 11.7 Å². The van der Waals surface area contributed by atoms with E-state index in [1.54, 1.807) is 14.0 Å². The van der Waals surface area contributed by atoms with Gasteiger partial charge in [0.1, 0.15) is 0 Å². The summed E-state index contributed by atoms with van der Waals surface area (Å²) in [5.41, 5.74) is 6.70. The fraction of sp³-hybridized carbons (Fsp3) is 0.600. The van der Waals surface area contributed by atoms with Gasteiger partial charge in [-0.2, -0.15) is 13.2 Å². The van der Waals surface area contributed by atoms with Crippen LogP contribution in [0.1, 0.15) is 48.4 Å². The highest BCUT2D eigenvalue weighted by atomic mass is 19.4. The van der Waals surface area contributed by atoms with Crippen LogP contribution in [0, 0.1) is 6.92 Å². The van der Waals surface area contributed by atoms with Gasteiger partial charge in [-0.25, -0.2) is 0 Å². The third-order valence-corrected chi connectivity index (χ3v) is 4.29. The molecule has 0 amide bonds. The maximum Gasteiger partial charge on any atom is 0.416 e. The monoisotopic (exact) mass is 287 g/mol. The zero-order valence-electron chi connectivity index (χ0n) is 11.8. The molecule has 20 heavy (non-hydrogen) atoms. The van der Waals surface area contributed by atoms with E-state index in [9.17, 15) is 13.2 Å². The molecule has 1 atom stereocenters. The molecule has 0 aliphatic heterocycles. The van der Waals surface area contributed by atoms with Crippen molar-refractivity contribution in [3.63, 3.8) is 0 Å². The molecular formula is C15H20F3NO. The Labute approximate surface area is 117 Å². The lowest BCUT2D eigenvalue weighted by Crippen LogP contribution is -2.42. The van der Waals surface area contributed by atoms with Gasteiger partial charge in [0.25, 0.3) is 0 Å². The lowest BCUT2D eigenvalue weighted by Gasteiger charge is -2.42. The summed E-state index contributed by atoms with van der Waals surface area (Å²) < 4.78 is 43.4. The lowest BCUT2D eigenvalue weighted by molar-refractivity contribution is -0.137. The molecule has 1 saturated carbocycles. The third kappa shape index (κ3) is 2.99. The number of hydrogen-bond donors (Lipinski definition) is 1. The van der Waals surface area contributed by atoms with Crippen LogP contribution in [0.4, 0.5) is 13.2 Å². The van der Waals surface area contributed by atoms with Crippen LogP contribution in [0.2, 0.25) is 0 Å². The standard InChI is InChI=1S/C15H20F3NO/c1-10-8-11(15(16,17)18)4-5-12(10)13(19)9-14(20-2)6-3-7-14/h4-5,8,13H,3,6-7,9,19H2,1-2H3. The van der Waals surface area contributed by atoms with Gasteiger partial charge in [0.15, 0.2) is 0 Å². The van der Waals surface area contributed by atoms with Crippen molar-refractivity contribution in [1.29, 1.82) is 0 Å². The summed E-state index contributed by atoms with van der Waals surface area (Å²) in [7, 11) is 1.67. The molecule has 2 N–H and O–H groups in total. The first-order chi connectivity index (χ1) is 9.27. The summed E-state index contributed by atoms with van der Waals surface area (Å²) >= 11 is 0. The first-order valence-corrected chi connectivity index (χ1v) is 6.76. The molecule has 0 saturated heterocycles. The molecule has 0 heterocycles. The van der Waals surface area contributed by atoms with Gasteiger partial charge in [-0.15, -0.1) is 0 Å². The van der Waals surface area contributed by atoms with Crippen molar-refractivity contribution in [3.8, 4) is 0 Å². The van der Waals surface area contributed by atoms with E-state index >= 15 is 0 Å². The van der Waals surface area contributed by atoms with E-state index in [0.717, 1.165) is 37.0 Å². The Morgan fingerprint density at radius 1 is 1.35 bits per heavy atom. The molecular weight excluding hydrogens is 267 g/mol. The smallest absolute Gasteiger partial charge is 0.378 e. The third-order valence-electron chi connectivity index (χ3n) is 4.29. The van der Waals surface area contributed by atoms with Gasteiger partial charge in [0, 0.05) is 13.2 Å².